The first kappa shape index (κ1) is 23.2. The van der Waals surface area contributed by atoms with Crippen molar-refractivity contribution in [2.45, 2.75) is 37.8 Å². The van der Waals surface area contributed by atoms with Crippen molar-refractivity contribution >= 4 is 33.3 Å². The lowest BCUT2D eigenvalue weighted by Gasteiger charge is -2.15. The Morgan fingerprint density at radius 1 is 1.10 bits per heavy atom. The van der Waals surface area contributed by atoms with Gasteiger partial charge in [-0.3, -0.25) is 0 Å². The Morgan fingerprint density at radius 2 is 1.79 bits per heavy atom. The molecule has 0 spiro atoms. The molecule has 29 heavy (non-hydrogen) atoms. The molecule has 1 atom stereocenters. The van der Waals surface area contributed by atoms with Crippen LogP contribution >= 0.6 is 12.4 Å². The van der Waals surface area contributed by atoms with Gasteiger partial charge in [0.1, 0.15) is 18.5 Å². The third kappa shape index (κ3) is 5.30. The molecule has 0 aliphatic rings. The second-order valence-corrected chi connectivity index (χ2v) is 8.96. The summed E-state index contributed by atoms with van der Waals surface area (Å²) in [6.07, 6.45) is 0.875. The van der Waals surface area contributed by atoms with Crippen LogP contribution in [0.4, 0.5) is 0 Å². The second-order valence-electron chi connectivity index (χ2n) is 7.15. The summed E-state index contributed by atoms with van der Waals surface area (Å²) in [7, 11) is -3.70. The molecule has 158 valence electrons. The molecule has 0 amide bonds. The molecule has 0 bridgehead atoms. The molecule has 0 aliphatic heterocycles. The predicted octanol–water partition coefficient (Wildman–Crippen LogP) is 3.35. The van der Waals surface area contributed by atoms with Crippen LogP contribution in [-0.2, 0) is 10.0 Å². The molecule has 1 heterocycles. The van der Waals surface area contributed by atoms with E-state index in [9.17, 15) is 13.5 Å². The Labute approximate surface area is 178 Å². The van der Waals surface area contributed by atoms with Crippen molar-refractivity contribution in [3.63, 3.8) is 0 Å². The lowest BCUT2D eigenvalue weighted by molar-refractivity contribution is 0.105. The molecule has 1 aromatic heterocycles. The number of halogens is 1. The summed E-state index contributed by atoms with van der Waals surface area (Å²) in [5.41, 5.74) is 1.53. The van der Waals surface area contributed by atoms with Gasteiger partial charge in [0, 0.05) is 24.2 Å². The van der Waals surface area contributed by atoms with Crippen LogP contribution in [0.1, 0.15) is 19.4 Å². The Balaban J connectivity index is 0.00000300. The first-order valence-corrected chi connectivity index (χ1v) is 10.7. The fourth-order valence-electron chi connectivity index (χ4n) is 2.89. The summed E-state index contributed by atoms with van der Waals surface area (Å²) < 4.78 is 33.1. The van der Waals surface area contributed by atoms with E-state index >= 15 is 0 Å². The molecule has 1 unspecified atom stereocenters. The molecule has 0 fully saturated rings. The smallest absolute Gasteiger partial charge is 0.268 e. The van der Waals surface area contributed by atoms with Crippen molar-refractivity contribution in [3.8, 4) is 5.75 Å². The quantitative estimate of drug-likeness (QED) is 0.563. The van der Waals surface area contributed by atoms with E-state index in [1.807, 2.05) is 20.8 Å². The molecule has 3 aromatic rings. The number of hydrogen-bond acceptors (Lipinski definition) is 5. The van der Waals surface area contributed by atoms with Gasteiger partial charge in [-0.2, -0.15) is 0 Å². The van der Waals surface area contributed by atoms with Gasteiger partial charge in [-0.15, -0.1) is 12.4 Å². The van der Waals surface area contributed by atoms with Gasteiger partial charge < -0.3 is 15.2 Å². The van der Waals surface area contributed by atoms with Gasteiger partial charge >= 0.3 is 0 Å². The largest absolute Gasteiger partial charge is 0.490 e. The average molecular weight is 439 g/mol. The number of nitrogens with one attached hydrogen (secondary N) is 1. The maximum Gasteiger partial charge on any atom is 0.268 e. The number of nitrogens with zero attached hydrogens (tertiary/aromatic N) is 1. The van der Waals surface area contributed by atoms with Crippen molar-refractivity contribution in [3.05, 3.63) is 60.3 Å². The van der Waals surface area contributed by atoms with E-state index in [4.69, 9.17) is 4.74 Å². The first-order valence-electron chi connectivity index (χ1n) is 9.25. The lowest BCUT2D eigenvalue weighted by atomic mass is 10.2. The molecular formula is C21H27ClN2O4S. The highest BCUT2D eigenvalue weighted by molar-refractivity contribution is 7.90. The molecule has 3 rings (SSSR count). The Hall–Kier alpha value is -2.06. The molecule has 0 aliphatic carbocycles. The monoisotopic (exact) mass is 438 g/mol. The van der Waals surface area contributed by atoms with Crippen LogP contribution in [0.2, 0.25) is 0 Å². The zero-order valence-corrected chi connectivity index (χ0v) is 18.3. The third-order valence-electron chi connectivity index (χ3n) is 4.43. The number of rotatable bonds is 8. The fraction of sp³-hybridized carbons (Fsp3) is 0.333. The molecular weight excluding hydrogens is 412 g/mol. The van der Waals surface area contributed by atoms with E-state index in [2.05, 4.69) is 5.32 Å². The van der Waals surface area contributed by atoms with E-state index in [0.717, 1.165) is 5.56 Å². The van der Waals surface area contributed by atoms with Gasteiger partial charge in [-0.25, -0.2) is 12.4 Å². The minimum absolute atomic E-state index is 0. The Morgan fingerprint density at radius 3 is 2.45 bits per heavy atom. The summed E-state index contributed by atoms with van der Waals surface area (Å²) in [6, 6.07) is 14.0. The fourth-order valence-corrected chi connectivity index (χ4v) is 4.24. The molecule has 0 radical (unpaired) electrons. The summed E-state index contributed by atoms with van der Waals surface area (Å²) >= 11 is 0. The predicted molar refractivity (Wildman–Crippen MR) is 118 cm³/mol. The first-order chi connectivity index (χ1) is 13.3. The minimum Gasteiger partial charge on any atom is -0.490 e. The van der Waals surface area contributed by atoms with E-state index in [1.165, 1.54) is 10.2 Å². The number of aliphatic hydroxyl groups excluding tert-OH is 1. The number of hydrogen-bond donors (Lipinski definition) is 2. The normalized spacial score (nSPS) is 12.7. The van der Waals surface area contributed by atoms with Crippen LogP contribution in [0.5, 0.6) is 5.75 Å². The number of aryl methyl sites for hydroxylation is 1. The van der Waals surface area contributed by atoms with Crippen molar-refractivity contribution in [2.24, 2.45) is 0 Å². The maximum atomic E-state index is 13.0. The zero-order chi connectivity index (χ0) is 20.3. The highest BCUT2D eigenvalue weighted by atomic mass is 35.5. The third-order valence-corrected chi connectivity index (χ3v) is 6.13. The van der Waals surface area contributed by atoms with E-state index in [-0.39, 0.29) is 30.0 Å². The topological polar surface area (TPSA) is 80.6 Å². The van der Waals surface area contributed by atoms with Gasteiger partial charge in [0.2, 0.25) is 0 Å². The van der Waals surface area contributed by atoms with Gasteiger partial charge in [-0.1, -0.05) is 37.6 Å². The highest BCUT2D eigenvalue weighted by Crippen LogP contribution is 2.29. The maximum absolute atomic E-state index is 13.0. The van der Waals surface area contributed by atoms with Gasteiger partial charge in [0.15, 0.2) is 0 Å². The molecule has 2 N–H and O–H groups in total. The van der Waals surface area contributed by atoms with Crippen LogP contribution in [0.25, 0.3) is 10.9 Å². The van der Waals surface area contributed by atoms with E-state index in [1.54, 1.807) is 48.5 Å². The summed E-state index contributed by atoms with van der Waals surface area (Å²) in [6.45, 7) is 6.47. The molecule has 0 saturated carbocycles. The molecule has 6 nitrogen and oxygen atoms in total. The summed E-state index contributed by atoms with van der Waals surface area (Å²) in [4.78, 5) is 0.233. The van der Waals surface area contributed by atoms with Crippen LogP contribution in [0, 0.1) is 6.92 Å². The van der Waals surface area contributed by atoms with Crippen LogP contribution in [-0.4, -0.2) is 42.8 Å². The number of aromatic nitrogens is 1. The number of fused-ring (bicyclic) bond motifs is 1. The SMILES string of the molecule is Cc1ccc(S(=O)(=O)n2ccc3c(OCC(O)CNC(C)C)cccc32)cc1.Cl. The van der Waals surface area contributed by atoms with Crippen LogP contribution < -0.4 is 10.1 Å². The minimum atomic E-state index is -3.70. The van der Waals surface area contributed by atoms with E-state index in [0.29, 0.717) is 23.2 Å². The van der Waals surface area contributed by atoms with Crippen LogP contribution in [0.3, 0.4) is 0 Å². The van der Waals surface area contributed by atoms with Gasteiger partial charge in [-0.05, 0) is 37.3 Å². The second kappa shape index (κ2) is 9.63. The van der Waals surface area contributed by atoms with Crippen molar-refractivity contribution in [1.29, 1.82) is 0 Å². The molecule has 8 heteroatoms. The van der Waals surface area contributed by atoms with Crippen molar-refractivity contribution in [1.82, 2.24) is 9.29 Å². The summed E-state index contributed by atoms with van der Waals surface area (Å²) in [5.74, 6) is 0.541. The average Bonchev–Trinajstić information content (AvgIpc) is 3.10. The highest BCUT2D eigenvalue weighted by Gasteiger charge is 2.20. The standard InChI is InChI=1S/C21H26N2O4S.ClH/c1-15(2)22-13-17(24)14-27-21-6-4-5-20-19(21)11-12-23(20)28(25,26)18-9-7-16(3)8-10-18;/h4-12,15,17,22,24H,13-14H2,1-3H3;1H. The Kier molecular flexibility index (Phi) is 7.71. The van der Waals surface area contributed by atoms with Gasteiger partial charge in [0.25, 0.3) is 10.0 Å². The van der Waals surface area contributed by atoms with Gasteiger partial charge in [0.05, 0.1) is 10.4 Å². The molecule has 0 saturated heterocycles. The van der Waals surface area contributed by atoms with E-state index < -0.39 is 16.1 Å². The Bertz CT molecular complexity index is 1050. The lowest BCUT2D eigenvalue weighted by Crippen LogP contribution is -2.35. The van der Waals surface area contributed by atoms with Crippen LogP contribution in [0.15, 0.2) is 59.6 Å². The van der Waals surface area contributed by atoms with Crippen molar-refractivity contribution in [2.75, 3.05) is 13.2 Å². The summed E-state index contributed by atoms with van der Waals surface area (Å²) in [5, 5.41) is 13.9. The zero-order valence-electron chi connectivity index (χ0n) is 16.7. The van der Waals surface area contributed by atoms with Crippen molar-refractivity contribution < 1.29 is 18.3 Å². The molecule has 2 aromatic carbocycles. The number of ether oxygens (including phenoxy) is 1. The number of aliphatic hydroxyl groups is 1. The number of benzene rings is 2.